The average Bonchev–Trinajstić information content (AvgIpc) is 3.05. The topological polar surface area (TPSA) is 46.3 Å². The molecule has 0 radical (unpaired) electrons. The van der Waals surface area contributed by atoms with Crippen LogP contribution in [-0.4, -0.2) is 30.4 Å². The second kappa shape index (κ2) is 6.11. The van der Waals surface area contributed by atoms with Gasteiger partial charge in [-0.3, -0.25) is 4.79 Å². The van der Waals surface area contributed by atoms with Crippen LogP contribution in [0.1, 0.15) is 39.5 Å². The van der Waals surface area contributed by atoms with Crippen LogP contribution in [0.2, 0.25) is 0 Å². The molecule has 0 aromatic rings. The largest absolute Gasteiger partial charge is 0.342 e. The zero-order valence-corrected chi connectivity index (χ0v) is 10.0. The summed E-state index contributed by atoms with van der Waals surface area (Å²) in [5.74, 6) is 1.23. The van der Waals surface area contributed by atoms with E-state index in [2.05, 4.69) is 13.8 Å². The number of carbonyl (C=O) groups excluding carboxylic acids is 1. The summed E-state index contributed by atoms with van der Waals surface area (Å²) in [5, 5.41) is 0. The number of carbonyl (C=O) groups is 1. The van der Waals surface area contributed by atoms with Gasteiger partial charge >= 0.3 is 0 Å². The van der Waals surface area contributed by atoms with Crippen LogP contribution in [0, 0.1) is 11.8 Å². The second-order valence-electron chi connectivity index (χ2n) is 4.59. The molecule has 3 nitrogen and oxygen atoms in total. The van der Waals surface area contributed by atoms with Crippen LogP contribution in [0.15, 0.2) is 0 Å². The smallest absolute Gasteiger partial charge is 0.225 e. The average molecular weight is 212 g/mol. The minimum Gasteiger partial charge on any atom is -0.342 e. The lowest BCUT2D eigenvalue weighted by Crippen LogP contribution is -2.37. The van der Waals surface area contributed by atoms with Gasteiger partial charge in [0, 0.05) is 19.0 Å². The molecular weight excluding hydrogens is 188 g/mol. The Labute approximate surface area is 93.0 Å². The van der Waals surface area contributed by atoms with Crippen molar-refractivity contribution in [2.24, 2.45) is 17.6 Å². The minimum absolute atomic E-state index is 0.231. The number of hydrogen-bond acceptors (Lipinski definition) is 2. The molecule has 3 heteroatoms. The maximum atomic E-state index is 12.1. The fraction of sp³-hybridized carbons (Fsp3) is 0.917. The fourth-order valence-electron chi connectivity index (χ4n) is 1.97. The second-order valence-corrected chi connectivity index (χ2v) is 4.59. The Balaban J connectivity index is 2.41. The van der Waals surface area contributed by atoms with Crippen LogP contribution in [-0.2, 0) is 4.79 Å². The molecule has 2 N–H and O–H groups in total. The Bertz CT molecular complexity index is 202. The molecule has 0 aromatic heterocycles. The van der Waals surface area contributed by atoms with Crippen LogP contribution in [0.4, 0.5) is 0 Å². The molecule has 0 bridgehead atoms. The number of hydrogen-bond donors (Lipinski definition) is 1. The summed E-state index contributed by atoms with van der Waals surface area (Å²) in [7, 11) is 0. The van der Waals surface area contributed by atoms with E-state index in [1.165, 1.54) is 12.8 Å². The normalized spacial score (nSPS) is 17.5. The zero-order chi connectivity index (χ0) is 11.3. The molecular formula is C12H24N2O. The Morgan fingerprint density at radius 1 is 1.47 bits per heavy atom. The number of rotatable bonds is 7. The van der Waals surface area contributed by atoms with Crippen LogP contribution in [0.25, 0.3) is 0 Å². The molecule has 1 aliphatic rings. The number of nitrogens with two attached hydrogens (primary N) is 1. The minimum atomic E-state index is 0.231. The summed E-state index contributed by atoms with van der Waals surface area (Å²) in [5.41, 5.74) is 5.48. The first-order chi connectivity index (χ1) is 7.20. The lowest BCUT2D eigenvalue weighted by Gasteiger charge is -2.25. The lowest BCUT2D eigenvalue weighted by atomic mass is 10.0. The van der Waals surface area contributed by atoms with E-state index in [0.717, 1.165) is 25.9 Å². The summed E-state index contributed by atoms with van der Waals surface area (Å²) < 4.78 is 0. The van der Waals surface area contributed by atoms with E-state index in [-0.39, 0.29) is 5.92 Å². The van der Waals surface area contributed by atoms with E-state index in [0.29, 0.717) is 18.4 Å². The third-order valence-corrected chi connectivity index (χ3v) is 3.16. The fourth-order valence-corrected chi connectivity index (χ4v) is 1.97. The van der Waals surface area contributed by atoms with Crippen molar-refractivity contribution < 1.29 is 4.79 Å². The zero-order valence-electron chi connectivity index (χ0n) is 10.0. The highest BCUT2D eigenvalue weighted by Crippen LogP contribution is 2.37. The predicted molar refractivity (Wildman–Crippen MR) is 62.4 cm³/mol. The van der Waals surface area contributed by atoms with Crippen LogP contribution >= 0.6 is 0 Å². The highest BCUT2D eigenvalue weighted by molar-refractivity contribution is 5.79. The maximum absolute atomic E-state index is 12.1. The predicted octanol–water partition coefficient (Wildman–Crippen LogP) is 1.62. The first kappa shape index (κ1) is 12.5. The quantitative estimate of drug-likeness (QED) is 0.697. The van der Waals surface area contributed by atoms with E-state index in [1.807, 2.05) is 4.90 Å². The maximum Gasteiger partial charge on any atom is 0.225 e. The van der Waals surface area contributed by atoms with Gasteiger partial charge in [-0.1, -0.05) is 13.8 Å². The number of nitrogens with zero attached hydrogens (tertiary/aromatic N) is 1. The van der Waals surface area contributed by atoms with Gasteiger partial charge in [0.15, 0.2) is 0 Å². The van der Waals surface area contributed by atoms with E-state index in [1.54, 1.807) is 0 Å². The molecule has 1 amide bonds. The molecule has 0 saturated heterocycles. The summed E-state index contributed by atoms with van der Waals surface area (Å²) >= 11 is 0. The van der Waals surface area contributed by atoms with Crippen molar-refractivity contribution in [3.8, 4) is 0 Å². The van der Waals surface area contributed by atoms with Gasteiger partial charge < -0.3 is 10.6 Å². The van der Waals surface area contributed by atoms with Gasteiger partial charge in [-0.25, -0.2) is 0 Å². The Morgan fingerprint density at radius 3 is 2.60 bits per heavy atom. The van der Waals surface area contributed by atoms with E-state index < -0.39 is 0 Å². The number of amides is 1. The van der Waals surface area contributed by atoms with E-state index in [4.69, 9.17) is 5.73 Å². The Kier molecular flexibility index (Phi) is 5.09. The SMILES string of the molecule is CCCN(CCCN)C(=O)C(C)C1CC1. The van der Waals surface area contributed by atoms with Crippen molar-refractivity contribution in [2.75, 3.05) is 19.6 Å². The summed E-state index contributed by atoms with van der Waals surface area (Å²) in [6.07, 6.45) is 4.43. The van der Waals surface area contributed by atoms with Crippen molar-refractivity contribution in [3.05, 3.63) is 0 Å². The molecule has 0 aliphatic heterocycles. The van der Waals surface area contributed by atoms with Gasteiger partial charge in [-0.05, 0) is 38.1 Å². The van der Waals surface area contributed by atoms with Gasteiger partial charge in [0.1, 0.15) is 0 Å². The van der Waals surface area contributed by atoms with Gasteiger partial charge in [0.25, 0.3) is 0 Å². The standard InChI is InChI=1S/C12H24N2O/c1-3-8-14(9-4-7-13)12(15)10(2)11-5-6-11/h10-11H,3-9,13H2,1-2H3. The monoisotopic (exact) mass is 212 g/mol. The summed E-state index contributed by atoms with van der Waals surface area (Å²) in [6, 6.07) is 0. The molecule has 1 saturated carbocycles. The molecule has 1 rings (SSSR count). The van der Waals surface area contributed by atoms with Gasteiger partial charge in [0.05, 0.1) is 0 Å². The Hall–Kier alpha value is -0.570. The molecule has 1 unspecified atom stereocenters. The summed E-state index contributed by atoms with van der Waals surface area (Å²) in [4.78, 5) is 14.1. The highest BCUT2D eigenvalue weighted by atomic mass is 16.2. The van der Waals surface area contributed by atoms with Crippen LogP contribution in [0.3, 0.4) is 0 Å². The highest BCUT2D eigenvalue weighted by Gasteiger charge is 2.34. The van der Waals surface area contributed by atoms with Crippen molar-refractivity contribution in [1.29, 1.82) is 0 Å². The lowest BCUT2D eigenvalue weighted by molar-refractivity contribution is -0.135. The third kappa shape index (κ3) is 3.82. The molecule has 0 heterocycles. The molecule has 1 atom stereocenters. The van der Waals surface area contributed by atoms with Crippen molar-refractivity contribution in [3.63, 3.8) is 0 Å². The molecule has 0 aromatic carbocycles. The summed E-state index contributed by atoms with van der Waals surface area (Å²) in [6.45, 7) is 6.58. The van der Waals surface area contributed by atoms with Crippen LogP contribution in [0.5, 0.6) is 0 Å². The molecule has 88 valence electrons. The van der Waals surface area contributed by atoms with E-state index >= 15 is 0 Å². The van der Waals surface area contributed by atoms with Crippen molar-refractivity contribution in [2.45, 2.75) is 39.5 Å². The van der Waals surface area contributed by atoms with Gasteiger partial charge in [0.2, 0.25) is 5.91 Å². The van der Waals surface area contributed by atoms with Crippen LogP contribution < -0.4 is 5.73 Å². The molecule has 0 spiro atoms. The van der Waals surface area contributed by atoms with Gasteiger partial charge in [-0.15, -0.1) is 0 Å². The molecule has 15 heavy (non-hydrogen) atoms. The van der Waals surface area contributed by atoms with Crippen molar-refractivity contribution in [1.82, 2.24) is 4.90 Å². The third-order valence-electron chi connectivity index (χ3n) is 3.16. The Morgan fingerprint density at radius 2 is 2.13 bits per heavy atom. The van der Waals surface area contributed by atoms with Gasteiger partial charge in [-0.2, -0.15) is 0 Å². The van der Waals surface area contributed by atoms with Crippen molar-refractivity contribution >= 4 is 5.91 Å². The molecule has 1 fully saturated rings. The molecule has 1 aliphatic carbocycles. The first-order valence-corrected chi connectivity index (χ1v) is 6.19. The first-order valence-electron chi connectivity index (χ1n) is 6.19. The van der Waals surface area contributed by atoms with E-state index in [9.17, 15) is 4.79 Å².